The third-order valence-corrected chi connectivity index (χ3v) is 5.95. The van der Waals surface area contributed by atoms with E-state index in [4.69, 9.17) is 13.6 Å². The van der Waals surface area contributed by atoms with Gasteiger partial charge in [0.1, 0.15) is 6.10 Å². The molecule has 1 aliphatic rings. The van der Waals surface area contributed by atoms with E-state index in [-0.39, 0.29) is 36.1 Å². The lowest BCUT2D eigenvalue weighted by Gasteiger charge is -2.39. The summed E-state index contributed by atoms with van der Waals surface area (Å²) in [4.78, 5) is 16.0. The zero-order valence-electron chi connectivity index (χ0n) is 20.5. The average molecular weight is 447 g/mol. The lowest BCUT2D eigenvalue weighted by Crippen LogP contribution is -2.45. The van der Waals surface area contributed by atoms with Crippen molar-refractivity contribution in [3.05, 3.63) is 59.3 Å². The van der Waals surface area contributed by atoms with Crippen molar-refractivity contribution in [1.29, 1.82) is 0 Å². The molecule has 2 heterocycles. The summed E-state index contributed by atoms with van der Waals surface area (Å²) in [7, 11) is -2.69. The molecule has 1 aliphatic heterocycles. The minimum absolute atomic E-state index is 0.0737. The van der Waals surface area contributed by atoms with Crippen LogP contribution >= 0.6 is 0 Å². The van der Waals surface area contributed by atoms with Crippen molar-refractivity contribution in [1.82, 2.24) is 9.88 Å². The lowest BCUT2D eigenvalue weighted by atomic mass is 9.87. The molecule has 3 aromatic rings. The standard InChI is InChI=1S/C24H26F2N2O4/c1-14-11-20(31-2)23(17-7-9-27-22(14)17)32-19-8-10-28(13-21(25)26)12-18(19)15-3-5-16(6-4-15)24(29)30/h3-7,9,11,18-19,21,27H,8,10,12-13H2,1-2H3,(H,29,30)/t18-,19+/m0/s1/i2D3. The Labute approximate surface area is 189 Å². The number of carboxylic acids is 1. The number of ether oxygens (including phenoxy) is 2. The summed E-state index contributed by atoms with van der Waals surface area (Å²) in [6.45, 7) is 2.09. The highest BCUT2D eigenvalue weighted by molar-refractivity contribution is 5.91. The Kier molecular flexibility index (Phi) is 5.28. The SMILES string of the molecule is [2H]C([2H])([2H])Oc1cc(C)c2[nH]ccc2c1O[C@@H]1CCN(CC(F)F)C[C@H]1c1ccc(C(=O)O)cc1. The molecule has 2 N–H and O–H groups in total. The number of nitrogens with one attached hydrogen (secondary N) is 1. The quantitative estimate of drug-likeness (QED) is 0.550. The van der Waals surface area contributed by atoms with Crippen molar-refractivity contribution in [2.75, 3.05) is 26.7 Å². The first-order valence-electron chi connectivity index (χ1n) is 11.8. The number of methoxy groups -OCH3 is 1. The van der Waals surface area contributed by atoms with Crippen LogP contribution in [0.15, 0.2) is 42.6 Å². The van der Waals surface area contributed by atoms with E-state index in [1.54, 1.807) is 35.4 Å². The summed E-state index contributed by atoms with van der Waals surface area (Å²) in [5, 5.41) is 9.87. The van der Waals surface area contributed by atoms with E-state index in [0.29, 0.717) is 18.4 Å². The number of rotatable bonds is 7. The Bertz CT molecular complexity index is 1200. The molecule has 1 fully saturated rings. The molecule has 0 spiro atoms. The maximum atomic E-state index is 13.1. The first-order valence-corrected chi connectivity index (χ1v) is 10.3. The Morgan fingerprint density at radius 2 is 2.12 bits per heavy atom. The molecule has 0 radical (unpaired) electrons. The second kappa shape index (κ2) is 9.16. The van der Waals surface area contributed by atoms with Gasteiger partial charge in [-0.15, -0.1) is 0 Å². The number of alkyl halides is 2. The van der Waals surface area contributed by atoms with Gasteiger partial charge in [0.15, 0.2) is 11.5 Å². The van der Waals surface area contributed by atoms with E-state index in [2.05, 4.69) is 4.98 Å². The van der Waals surface area contributed by atoms with Crippen molar-refractivity contribution in [2.24, 2.45) is 0 Å². The molecule has 0 bridgehead atoms. The summed E-state index contributed by atoms with van der Waals surface area (Å²) in [5.74, 6) is -1.08. The topological polar surface area (TPSA) is 74.8 Å². The summed E-state index contributed by atoms with van der Waals surface area (Å²) in [6, 6.07) is 9.64. The number of aromatic amines is 1. The number of benzene rings is 2. The first kappa shape index (κ1) is 18.4. The minimum atomic E-state index is -2.69. The van der Waals surface area contributed by atoms with Crippen LogP contribution in [-0.2, 0) is 0 Å². The number of carbonyl (C=O) groups is 1. The molecule has 4 rings (SSSR count). The van der Waals surface area contributed by atoms with Crippen molar-refractivity contribution in [3.63, 3.8) is 0 Å². The van der Waals surface area contributed by atoms with Crippen LogP contribution in [0.25, 0.3) is 10.9 Å². The van der Waals surface area contributed by atoms with Crippen LogP contribution < -0.4 is 9.47 Å². The van der Waals surface area contributed by atoms with Gasteiger partial charge < -0.3 is 19.6 Å². The highest BCUT2D eigenvalue weighted by Crippen LogP contribution is 2.41. The highest BCUT2D eigenvalue weighted by atomic mass is 19.3. The molecule has 1 saturated heterocycles. The third kappa shape index (κ3) is 4.41. The summed E-state index contributed by atoms with van der Waals surface area (Å²) in [5.41, 5.74) is 2.42. The molecular formula is C24H26F2N2O4. The number of aromatic carboxylic acids is 1. The summed E-state index contributed by atoms with van der Waals surface area (Å²) < 4.78 is 60.6. The summed E-state index contributed by atoms with van der Waals surface area (Å²) in [6.07, 6.45) is -0.847. The highest BCUT2D eigenvalue weighted by Gasteiger charge is 2.34. The number of H-pyrrole nitrogens is 1. The monoisotopic (exact) mass is 447 g/mol. The maximum Gasteiger partial charge on any atom is 0.335 e. The van der Waals surface area contributed by atoms with Crippen molar-refractivity contribution in [2.45, 2.75) is 31.8 Å². The van der Waals surface area contributed by atoms with Gasteiger partial charge >= 0.3 is 5.97 Å². The fourth-order valence-electron chi connectivity index (χ4n) is 4.39. The van der Waals surface area contributed by atoms with Gasteiger partial charge in [0, 0.05) is 30.6 Å². The molecule has 0 saturated carbocycles. The fraction of sp³-hybridized carbons (Fsp3) is 0.375. The molecule has 2 atom stereocenters. The van der Waals surface area contributed by atoms with E-state index in [1.807, 2.05) is 6.92 Å². The van der Waals surface area contributed by atoms with Crippen molar-refractivity contribution in [3.8, 4) is 11.5 Å². The predicted octanol–water partition coefficient (Wildman–Crippen LogP) is 4.69. The van der Waals surface area contributed by atoms with Gasteiger partial charge in [-0.05, 0) is 48.7 Å². The van der Waals surface area contributed by atoms with Crippen LogP contribution in [0, 0.1) is 6.92 Å². The lowest BCUT2D eigenvalue weighted by molar-refractivity contribution is 0.0348. The van der Waals surface area contributed by atoms with Crippen molar-refractivity contribution >= 4 is 16.9 Å². The van der Waals surface area contributed by atoms with Gasteiger partial charge in [-0.25, -0.2) is 13.6 Å². The van der Waals surface area contributed by atoms with Crippen molar-refractivity contribution < 1.29 is 32.3 Å². The van der Waals surface area contributed by atoms with E-state index < -0.39 is 25.5 Å². The van der Waals surface area contributed by atoms with Gasteiger partial charge in [0.2, 0.25) is 0 Å². The van der Waals surface area contributed by atoms with Crippen LogP contribution in [0.2, 0.25) is 0 Å². The molecular weight excluding hydrogens is 418 g/mol. The molecule has 1 aromatic heterocycles. The Hall–Kier alpha value is -3.13. The number of fused-ring (bicyclic) bond motifs is 1. The van der Waals surface area contributed by atoms with Crippen LogP contribution in [0.1, 0.15) is 37.9 Å². The predicted molar refractivity (Wildman–Crippen MR) is 117 cm³/mol. The molecule has 32 heavy (non-hydrogen) atoms. The molecule has 0 aliphatic carbocycles. The average Bonchev–Trinajstić information content (AvgIpc) is 3.26. The van der Waals surface area contributed by atoms with Crippen LogP contribution in [-0.4, -0.2) is 60.2 Å². The first-order chi connectivity index (χ1) is 16.5. The van der Waals surface area contributed by atoms with E-state index in [1.165, 1.54) is 12.1 Å². The van der Waals surface area contributed by atoms with Gasteiger partial charge in [-0.3, -0.25) is 4.90 Å². The smallest absolute Gasteiger partial charge is 0.335 e. The number of aromatic nitrogens is 1. The Morgan fingerprint density at radius 1 is 1.34 bits per heavy atom. The molecule has 6 nitrogen and oxygen atoms in total. The Morgan fingerprint density at radius 3 is 2.81 bits per heavy atom. The van der Waals surface area contributed by atoms with Gasteiger partial charge in [0.25, 0.3) is 6.43 Å². The van der Waals surface area contributed by atoms with E-state index >= 15 is 0 Å². The fourth-order valence-corrected chi connectivity index (χ4v) is 4.39. The van der Waals surface area contributed by atoms with Crippen LogP contribution in [0.4, 0.5) is 8.78 Å². The number of likely N-dealkylation sites (tertiary alicyclic amines) is 1. The number of aryl methyl sites for hydroxylation is 1. The number of halogens is 2. The van der Waals surface area contributed by atoms with Gasteiger partial charge in [0.05, 0.1) is 28.8 Å². The van der Waals surface area contributed by atoms with E-state index in [0.717, 1.165) is 16.6 Å². The molecule has 8 heteroatoms. The zero-order valence-corrected chi connectivity index (χ0v) is 17.5. The van der Waals surface area contributed by atoms with Crippen LogP contribution in [0.5, 0.6) is 11.5 Å². The number of hydrogen-bond acceptors (Lipinski definition) is 4. The molecule has 2 aromatic carbocycles. The van der Waals surface area contributed by atoms with E-state index in [9.17, 15) is 18.7 Å². The molecule has 0 amide bonds. The van der Waals surface area contributed by atoms with Crippen LogP contribution in [0.3, 0.4) is 0 Å². The number of piperidine rings is 1. The second-order valence-electron chi connectivity index (χ2n) is 8.02. The Balaban J connectivity index is 1.72. The maximum absolute atomic E-state index is 13.1. The normalized spacial score (nSPS) is 21.2. The molecule has 170 valence electrons. The minimum Gasteiger partial charge on any atom is -0.493 e. The van der Waals surface area contributed by atoms with Gasteiger partial charge in [-0.2, -0.15) is 0 Å². The largest absolute Gasteiger partial charge is 0.493 e. The van der Waals surface area contributed by atoms with Gasteiger partial charge in [-0.1, -0.05) is 12.1 Å². The number of hydrogen-bond donors (Lipinski definition) is 2. The summed E-state index contributed by atoms with van der Waals surface area (Å²) >= 11 is 0. The third-order valence-electron chi connectivity index (χ3n) is 5.95. The number of nitrogens with zero attached hydrogens (tertiary/aromatic N) is 1. The molecule has 0 unspecified atom stereocenters. The second-order valence-corrected chi connectivity index (χ2v) is 8.02. The number of carboxylic acid groups (broad SMARTS) is 1. The zero-order chi connectivity index (χ0) is 25.3.